The molecule has 2 heterocycles. The quantitative estimate of drug-likeness (QED) is 0.493. The van der Waals surface area contributed by atoms with Crippen LogP contribution in [0.5, 0.6) is 0 Å². The van der Waals surface area contributed by atoms with E-state index in [-0.39, 0.29) is 10.2 Å². The highest BCUT2D eigenvalue weighted by Gasteiger charge is 2.42. The van der Waals surface area contributed by atoms with Crippen LogP contribution in [0.15, 0.2) is 50.2 Å². The molecule has 0 radical (unpaired) electrons. The van der Waals surface area contributed by atoms with E-state index in [1.807, 2.05) is 30.3 Å². The Morgan fingerprint density at radius 2 is 1.93 bits per heavy atom. The lowest BCUT2D eigenvalue weighted by Gasteiger charge is -2.26. The van der Waals surface area contributed by atoms with Gasteiger partial charge in [-0.15, -0.1) is 0 Å². The van der Waals surface area contributed by atoms with Gasteiger partial charge in [0.25, 0.3) is 5.91 Å². The zero-order chi connectivity index (χ0) is 19.7. The maximum Gasteiger partial charge on any atom is 0.327 e. The zero-order valence-corrected chi connectivity index (χ0v) is 17.7. The molecule has 0 bridgehead atoms. The van der Waals surface area contributed by atoms with Crippen LogP contribution in [0.3, 0.4) is 0 Å². The molecule has 1 aromatic carbocycles. The molecule has 140 valence electrons. The molecule has 2 aromatic rings. The van der Waals surface area contributed by atoms with Crippen molar-refractivity contribution in [3.05, 3.63) is 51.5 Å². The van der Waals surface area contributed by atoms with Crippen molar-refractivity contribution >= 4 is 62.2 Å². The first-order chi connectivity index (χ1) is 12.8. The van der Waals surface area contributed by atoms with E-state index >= 15 is 0 Å². The Morgan fingerprint density at radius 1 is 1.26 bits per heavy atom. The third-order valence-corrected chi connectivity index (χ3v) is 5.87. The molecule has 27 heavy (non-hydrogen) atoms. The van der Waals surface area contributed by atoms with Crippen molar-refractivity contribution in [2.24, 2.45) is 5.92 Å². The second-order valence-corrected chi connectivity index (χ2v) is 8.88. The lowest BCUT2D eigenvalue weighted by atomic mass is 10.0. The van der Waals surface area contributed by atoms with Crippen LogP contribution in [0, 0.1) is 5.92 Å². The number of carboxylic acids is 1. The number of aliphatic carboxylic acids is 1. The van der Waals surface area contributed by atoms with Gasteiger partial charge in [0.05, 0.1) is 4.91 Å². The maximum absolute atomic E-state index is 12.7. The van der Waals surface area contributed by atoms with E-state index < -0.39 is 17.9 Å². The molecule has 5 nitrogen and oxygen atoms in total. The SMILES string of the molecule is CC(C)C(C(=O)O)N1C(=O)/C(=C\c2ccc(-c3ccc(Br)cc3)o2)SC1=S. The molecule has 1 aliphatic rings. The summed E-state index contributed by atoms with van der Waals surface area (Å²) in [5, 5.41) is 9.46. The Labute approximate surface area is 174 Å². The van der Waals surface area contributed by atoms with E-state index in [2.05, 4.69) is 15.9 Å². The van der Waals surface area contributed by atoms with Gasteiger partial charge in [0, 0.05) is 16.1 Å². The second-order valence-electron chi connectivity index (χ2n) is 6.29. The number of thiocarbonyl (C=S) groups is 1. The third-order valence-electron chi connectivity index (χ3n) is 4.02. The molecule has 0 spiro atoms. The summed E-state index contributed by atoms with van der Waals surface area (Å²) in [5.41, 5.74) is 0.913. The third kappa shape index (κ3) is 4.17. The van der Waals surface area contributed by atoms with Gasteiger partial charge in [-0.2, -0.15) is 0 Å². The van der Waals surface area contributed by atoms with Gasteiger partial charge < -0.3 is 9.52 Å². The van der Waals surface area contributed by atoms with E-state index in [1.165, 1.54) is 4.90 Å². The number of carboxylic acid groups (broad SMARTS) is 1. The fraction of sp³-hybridized carbons (Fsp3) is 0.211. The van der Waals surface area contributed by atoms with Gasteiger partial charge in [0.2, 0.25) is 0 Å². The molecule has 1 N–H and O–H groups in total. The van der Waals surface area contributed by atoms with Gasteiger partial charge in [-0.05, 0) is 30.2 Å². The molecule has 0 saturated carbocycles. The van der Waals surface area contributed by atoms with Gasteiger partial charge in [0.15, 0.2) is 0 Å². The Morgan fingerprint density at radius 3 is 2.52 bits per heavy atom. The molecule has 1 saturated heterocycles. The number of rotatable bonds is 5. The first-order valence-electron chi connectivity index (χ1n) is 8.13. The highest BCUT2D eigenvalue weighted by Crippen LogP contribution is 2.36. The Balaban J connectivity index is 1.86. The van der Waals surface area contributed by atoms with Crippen LogP contribution in [-0.2, 0) is 9.59 Å². The Bertz CT molecular complexity index is 933. The highest BCUT2D eigenvalue weighted by atomic mass is 79.9. The number of carbonyl (C=O) groups excluding carboxylic acids is 1. The first-order valence-corrected chi connectivity index (χ1v) is 10.2. The molecule has 1 atom stereocenters. The number of hydrogen-bond donors (Lipinski definition) is 1. The van der Waals surface area contributed by atoms with Crippen molar-refractivity contribution in [2.45, 2.75) is 19.9 Å². The number of hydrogen-bond acceptors (Lipinski definition) is 5. The molecule has 1 aliphatic heterocycles. The summed E-state index contributed by atoms with van der Waals surface area (Å²) in [6, 6.07) is 10.3. The minimum atomic E-state index is -1.07. The van der Waals surface area contributed by atoms with E-state index in [0.29, 0.717) is 16.4 Å². The average molecular weight is 466 g/mol. The predicted octanol–water partition coefficient (Wildman–Crippen LogP) is 5.02. The maximum atomic E-state index is 12.7. The van der Waals surface area contributed by atoms with Gasteiger partial charge in [-0.3, -0.25) is 9.69 Å². The summed E-state index contributed by atoms with van der Waals surface area (Å²) in [7, 11) is 0. The number of furan rings is 1. The summed E-state index contributed by atoms with van der Waals surface area (Å²) < 4.78 is 7.03. The normalized spacial score (nSPS) is 17.2. The highest BCUT2D eigenvalue weighted by molar-refractivity contribution is 9.10. The predicted molar refractivity (Wildman–Crippen MR) is 113 cm³/mol. The van der Waals surface area contributed by atoms with Crippen LogP contribution in [0.2, 0.25) is 0 Å². The fourth-order valence-corrected chi connectivity index (χ4v) is 4.32. The van der Waals surface area contributed by atoms with E-state index in [0.717, 1.165) is 21.8 Å². The number of carbonyl (C=O) groups is 2. The number of amides is 1. The van der Waals surface area contributed by atoms with Gasteiger partial charge >= 0.3 is 5.97 Å². The van der Waals surface area contributed by atoms with Crippen LogP contribution < -0.4 is 0 Å². The standard InChI is InChI=1S/C19H16BrNO4S2/c1-10(2)16(18(23)24)21-17(22)15(27-19(21)26)9-13-7-8-14(25-13)11-3-5-12(20)6-4-11/h3-10,16H,1-2H3,(H,23,24)/b15-9+. The zero-order valence-electron chi connectivity index (χ0n) is 14.5. The molecular weight excluding hydrogens is 450 g/mol. The number of benzene rings is 1. The fourth-order valence-electron chi connectivity index (χ4n) is 2.74. The summed E-state index contributed by atoms with van der Waals surface area (Å²) in [6.07, 6.45) is 1.60. The van der Waals surface area contributed by atoms with Crippen molar-refractivity contribution in [3.63, 3.8) is 0 Å². The topological polar surface area (TPSA) is 70.8 Å². The number of halogens is 1. The minimum absolute atomic E-state index is 0.243. The van der Waals surface area contributed by atoms with Crippen LogP contribution in [0.4, 0.5) is 0 Å². The first kappa shape index (κ1) is 19.9. The smallest absolute Gasteiger partial charge is 0.327 e. The van der Waals surface area contributed by atoms with Crippen molar-refractivity contribution in [2.75, 3.05) is 0 Å². The molecule has 3 rings (SSSR count). The summed E-state index contributed by atoms with van der Waals surface area (Å²) >= 11 is 9.73. The van der Waals surface area contributed by atoms with E-state index in [4.69, 9.17) is 16.6 Å². The van der Waals surface area contributed by atoms with Crippen molar-refractivity contribution in [1.82, 2.24) is 4.90 Å². The second kappa shape index (κ2) is 8.00. The van der Waals surface area contributed by atoms with Gasteiger partial charge in [0.1, 0.15) is 21.9 Å². The number of nitrogens with zero attached hydrogens (tertiary/aromatic N) is 1. The summed E-state index contributed by atoms with van der Waals surface area (Å²) in [6.45, 7) is 3.50. The molecule has 1 amide bonds. The summed E-state index contributed by atoms with van der Waals surface area (Å²) in [4.78, 5) is 25.8. The van der Waals surface area contributed by atoms with E-state index in [9.17, 15) is 14.7 Å². The van der Waals surface area contributed by atoms with Crippen molar-refractivity contribution < 1.29 is 19.1 Å². The van der Waals surface area contributed by atoms with Crippen molar-refractivity contribution in [3.8, 4) is 11.3 Å². The molecule has 8 heteroatoms. The van der Waals surface area contributed by atoms with E-state index in [1.54, 1.807) is 26.0 Å². The molecular formula is C19H16BrNO4S2. The lowest BCUT2D eigenvalue weighted by Crippen LogP contribution is -2.47. The monoisotopic (exact) mass is 465 g/mol. The molecule has 1 aromatic heterocycles. The van der Waals surface area contributed by atoms with Gasteiger partial charge in [-0.25, -0.2) is 4.79 Å². The largest absolute Gasteiger partial charge is 0.480 e. The van der Waals surface area contributed by atoms with Crippen LogP contribution in [0.25, 0.3) is 17.4 Å². The Hall–Kier alpha value is -1.90. The molecule has 1 unspecified atom stereocenters. The van der Waals surface area contributed by atoms with Crippen molar-refractivity contribution in [1.29, 1.82) is 0 Å². The van der Waals surface area contributed by atoms with Crippen LogP contribution >= 0.6 is 39.9 Å². The molecule has 1 fully saturated rings. The number of thioether (sulfide) groups is 1. The summed E-state index contributed by atoms with van der Waals surface area (Å²) in [5.74, 6) is -0.567. The Kier molecular flexibility index (Phi) is 5.88. The lowest BCUT2D eigenvalue weighted by molar-refractivity contribution is -0.146. The van der Waals surface area contributed by atoms with Crippen LogP contribution in [-0.4, -0.2) is 32.2 Å². The van der Waals surface area contributed by atoms with Gasteiger partial charge in [-0.1, -0.05) is 65.9 Å². The average Bonchev–Trinajstić information content (AvgIpc) is 3.16. The van der Waals surface area contributed by atoms with Crippen LogP contribution in [0.1, 0.15) is 19.6 Å². The minimum Gasteiger partial charge on any atom is -0.480 e. The molecule has 0 aliphatic carbocycles.